The molecule has 12 rings (SSSR count). The molecule has 0 spiro atoms. The lowest BCUT2D eigenvalue weighted by molar-refractivity contribution is 0.112. The van der Waals surface area contributed by atoms with Gasteiger partial charge in [-0.3, -0.25) is 10.0 Å². The van der Waals surface area contributed by atoms with Crippen LogP contribution in [0.4, 0.5) is 68.2 Å². The van der Waals surface area contributed by atoms with E-state index < -0.39 is 12.2 Å². The summed E-state index contributed by atoms with van der Waals surface area (Å²) in [6.07, 6.45) is 5.60. The van der Waals surface area contributed by atoms with E-state index in [-0.39, 0.29) is 26.3 Å². The Morgan fingerprint density at radius 1 is 0.286 bits per heavy atom. The van der Waals surface area contributed by atoms with E-state index in [1.165, 1.54) is 16.8 Å². The fourth-order valence-electron chi connectivity index (χ4n) is 12.9. The second kappa shape index (κ2) is 41.7. The van der Waals surface area contributed by atoms with Gasteiger partial charge < -0.3 is 39.3 Å². The van der Waals surface area contributed by atoms with Crippen LogP contribution in [-0.4, -0.2) is 113 Å². The summed E-state index contributed by atoms with van der Waals surface area (Å²) in [5.74, 6) is 1.28. The molecule has 0 aliphatic heterocycles. The molecule has 0 aromatic heterocycles. The highest BCUT2D eigenvalue weighted by atomic mass is 16.5. The number of benzene rings is 12. The molecule has 0 heterocycles. The Bertz CT molecular complexity index is 4740. The average molecular weight is 1490 g/mol. The molecule has 2 unspecified atom stereocenters. The van der Waals surface area contributed by atoms with Crippen molar-refractivity contribution in [1.82, 2.24) is 0 Å². The van der Waals surface area contributed by atoms with Crippen molar-refractivity contribution in [2.75, 3.05) is 105 Å². The Labute approximate surface area is 662 Å². The highest BCUT2D eigenvalue weighted by Crippen LogP contribution is 2.36. The van der Waals surface area contributed by atoms with Gasteiger partial charge in [-0.1, -0.05) is 169 Å². The third-order valence-electron chi connectivity index (χ3n) is 19.1. The average Bonchev–Trinajstić information content (AvgIpc) is 0.838. The van der Waals surface area contributed by atoms with E-state index >= 15 is 0 Å². The fraction of sp³-hybridized carbons (Fsp3) is 0.208. The van der Waals surface area contributed by atoms with Gasteiger partial charge in [-0.15, -0.1) is 0 Å². The maximum atomic E-state index is 11.6. The number of aliphatic hydroxyl groups is 2. The molecule has 16 nitrogen and oxygen atoms in total. The first-order valence-electron chi connectivity index (χ1n) is 38.8. The Kier molecular flexibility index (Phi) is 29.9. The van der Waals surface area contributed by atoms with E-state index in [0.29, 0.717) is 11.5 Å². The van der Waals surface area contributed by atoms with Crippen LogP contribution in [0, 0.1) is 13.8 Å². The number of para-hydroxylation sites is 6. The molecule has 0 bridgehead atoms. The molecule has 0 aliphatic carbocycles. The first-order valence-corrected chi connectivity index (χ1v) is 38.8. The largest absolute Gasteiger partial charge is 0.490 e. The standard InChI is InChI=1S/C53H54N6O2.C43H50N6O2/c1-5-56(6-2)51-35-28-44(38-55-59(49-18-12-8-13-19-49)50-20-14-9-15-21-50)53(36-51)61-40-52(60)39-57(45-16-10-7-11-17-45)54-37-43-26-33-48(34-27-43)58(46-29-22-41(3)23-30-46)47-31-24-42(4)25-32-47;1-5-46(6-2)37-27-24-35(25-28-37)31-44-48(38-18-12-9-13-19-38)33-42(50)34-51-43-30-41(47(7-3)8-4)29-26-36(43)32-45-49(39-20-14-10-15-21-39)40-22-16-11-17-23-40/h7-38,52,60H,5-6,39-40H2,1-4H3;9-32,42,50H,5-8,33-34H2,1-4H3/b54-37+,55-38+;44-31+,45-32+. The van der Waals surface area contributed by atoms with Crippen molar-refractivity contribution in [2.24, 2.45) is 20.4 Å². The zero-order chi connectivity index (χ0) is 78.2. The molecule has 0 fully saturated rings. The molecule has 0 saturated heterocycles. The van der Waals surface area contributed by atoms with Crippen LogP contribution in [0.2, 0.25) is 0 Å². The van der Waals surface area contributed by atoms with E-state index in [2.05, 4.69) is 184 Å². The van der Waals surface area contributed by atoms with E-state index in [1.54, 1.807) is 0 Å². The van der Waals surface area contributed by atoms with Gasteiger partial charge in [-0.2, -0.15) is 20.4 Å². The van der Waals surface area contributed by atoms with Crippen LogP contribution in [0.3, 0.4) is 0 Å². The molecule has 0 radical (unpaired) electrons. The number of rotatable bonds is 36. The van der Waals surface area contributed by atoms with Gasteiger partial charge in [-0.05, 0) is 212 Å². The first-order chi connectivity index (χ1) is 54.9. The normalized spacial score (nSPS) is 11.8. The van der Waals surface area contributed by atoms with Gasteiger partial charge in [0.1, 0.15) is 36.9 Å². The molecule has 0 amide bonds. The van der Waals surface area contributed by atoms with E-state index in [0.717, 1.165) is 124 Å². The SMILES string of the molecule is CCN(CC)c1ccc(/C=N/N(CC(O)COc2cc(N(CC)CC)ccc2/C=N/N(c2ccccc2)c2ccccc2)c2ccccc2)cc1.CCN(CC)c1ccc(/C=N/N(c2ccccc2)c2ccccc2)c(OCC(O)CN(/N=C/c2ccc(N(c3ccc(C)cc3)c3ccc(C)cc3)cc2)c2ccccc2)c1. The zero-order valence-electron chi connectivity index (χ0n) is 65.6. The predicted octanol–water partition coefficient (Wildman–Crippen LogP) is 20.9. The first kappa shape index (κ1) is 80.3. The number of aryl methyl sites for hydroxylation is 2. The minimum absolute atomic E-state index is 0.0467. The Hall–Kier alpha value is -12.8. The highest BCUT2D eigenvalue weighted by Gasteiger charge is 2.20. The third-order valence-corrected chi connectivity index (χ3v) is 19.1. The lowest BCUT2D eigenvalue weighted by Gasteiger charge is -2.26. The molecule has 2 N–H and O–H groups in total. The summed E-state index contributed by atoms with van der Waals surface area (Å²) in [5.41, 5.74) is 17.9. The Morgan fingerprint density at radius 3 is 0.857 bits per heavy atom. The summed E-state index contributed by atoms with van der Waals surface area (Å²) in [4.78, 5) is 9.10. The van der Waals surface area contributed by atoms with Crippen molar-refractivity contribution in [2.45, 2.75) is 67.6 Å². The van der Waals surface area contributed by atoms with Gasteiger partial charge in [-0.25, -0.2) is 10.0 Å². The number of nitrogens with zero attached hydrogens (tertiary/aromatic N) is 12. The maximum absolute atomic E-state index is 11.6. The summed E-state index contributed by atoms with van der Waals surface area (Å²) in [6.45, 7) is 23.0. The van der Waals surface area contributed by atoms with Crippen LogP contribution in [0.1, 0.15) is 74.9 Å². The molecule has 12 aromatic rings. The number of anilines is 12. The minimum Gasteiger partial charge on any atom is -0.490 e. The van der Waals surface area contributed by atoms with Crippen molar-refractivity contribution in [3.63, 3.8) is 0 Å². The highest BCUT2D eigenvalue weighted by molar-refractivity contribution is 5.88. The molecule has 0 saturated carbocycles. The molecular weight excluding hydrogens is 1390 g/mol. The number of aliphatic hydroxyl groups excluding tert-OH is 2. The minimum atomic E-state index is -0.871. The van der Waals surface area contributed by atoms with Crippen LogP contribution in [0.15, 0.2) is 336 Å². The molecule has 112 heavy (non-hydrogen) atoms. The predicted molar refractivity (Wildman–Crippen MR) is 472 cm³/mol. The van der Waals surface area contributed by atoms with Crippen LogP contribution in [0.5, 0.6) is 11.5 Å². The smallest absolute Gasteiger partial charge is 0.130 e. The monoisotopic (exact) mass is 1490 g/mol. The summed E-state index contributed by atoms with van der Waals surface area (Å²) in [7, 11) is 0. The topological polar surface area (TPSA) is 134 Å². The van der Waals surface area contributed by atoms with Gasteiger partial charge in [0.05, 0.1) is 72.1 Å². The van der Waals surface area contributed by atoms with Crippen molar-refractivity contribution in [1.29, 1.82) is 0 Å². The van der Waals surface area contributed by atoms with E-state index in [4.69, 9.17) is 29.9 Å². The van der Waals surface area contributed by atoms with Gasteiger partial charge in [0.25, 0.3) is 0 Å². The molecule has 0 aliphatic rings. The third kappa shape index (κ3) is 22.7. The lowest BCUT2D eigenvalue weighted by atomic mass is 10.1. The van der Waals surface area contributed by atoms with Crippen molar-refractivity contribution < 1.29 is 19.7 Å². The summed E-state index contributed by atoms with van der Waals surface area (Å²) >= 11 is 0. The summed E-state index contributed by atoms with van der Waals surface area (Å²) in [5, 5.41) is 50.0. The van der Waals surface area contributed by atoms with Gasteiger partial charge >= 0.3 is 0 Å². The second-order valence-electron chi connectivity index (χ2n) is 26.9. The van der Waals surface area contributed by atoms with Crippen LogP contribution >= 0.6 is 0 Å². The lowest BCUT2D eigenvalue weighted by Crippen LogP contribution is -2.33. The van der Waals surface area contributed by atoms with Crippen LogP contribution < -0.4 is 49.1 Å². The maximum Gasteiger partial charge on any atom is 0.130 e. The molecule has 16 heteroatoms. The van der Waals surface area contributed by atoms with E-state index in [1.807, 2.05) is 251 Å². The number of ether oxygens (including phenoxy) is 2. The van der Waals surface area contributed by atoms with Crippen LogP contribution in [0.25, 0.3) is 0 Å². The van der Waals surface area contributed by atoms with Gasteiger partial charge in [0, 0.05) is 96.7 Å². The number of hydrogen-bond acceptors (Lipinski definition) is 16. The number of hydrogen-bond donors (Lipinski definition) is 2. The molecule has 2 atom stereocenters. The van der Waals surface area contributed by atoms with E-state index in [9.17, 15) is 10.2 Å². The summed E-state index contributed by atoms with van der Waals surface area (Å²) in [6, 6.07) is 106. The Morgan fingerprint density at radius 2 is 0.554 bits per heavy atom. The fourth-order valence-corrected chi connectivity index (χ4v) is 12.9. The van der Waals surface area contributed by atoms with Crippen molar-refractivity contribution in [3.05, 3.63) is 349 Å². The van der Waals surface area contributed by atoms with Crippen LogP contribution in [-0.2, 0) is 0 Å². The quantitative estimate of drug-likeness (QED) is 0.0286. The van der Waals surface area contributed by atoms with Gasteiger partial charge in [0.15, 0.2) is 0 Å². The van der Waals surface area contributed by atoms with Crippen molar-refractivity contribution >= 4 is 93.1 Å². The summed E-state index contributed by atoms with van der Waals surface area (Å²) < 4.78 is 12.9. The Balaban J connectivity index is 0.000000225. The zero-order valence-corrected chi connectivity index (χ0v) is 65.6. The molecule has 572 valence electrons. The second-order valence-corrected chi connectivity index (χ2v) is 26.9. The molecular formula is C96H104N12O4. The van der Waals surface area contributed by atoms with Crippen molar-refractivity contribution in [3.8, 4) is 11.5 Å². The van der Waals surface area contributed by atoms with Gasteiger partial charge in [0.2, 0.25) is 0 Å². The number of hydrazone groups is 4. The molecule has 12 aromatic carbocycles.